The van der Waals surface area contributed by atoms with Gasteiger partial charge in [0.1, 0.15) is 42.7 Å². The Morgan fingerprint density at radius 3 is 1.84 bits per heavy atom. The van der Waals surface area contributed by atoms with Crippen molar-refractivity contribution >= 4 is 0 Å². The van der Waals surface area contributed by atoms with Crippen LogP contribution in [0.3, 0.4) is 0 Å². The van der Waals surface area contributed by atoms with Gasteiger partial charge in [0.15, 0.2) is 12.6 Å². The van der Waals surface area contributed by atoms with Crippen molar-refractivity contribution in [2.24, 2.45) is 5.11 Å². The van der Waals surface area contributed by atoms with Crippen molar-refractivity contribution in [2.75, 3.05) is 13.2 Å². The molecule has 144 valence electrons. The first-order chi connectivity index (χ1) is 11.8. The molecule has 0 radical (unpaired) electrons. The van der Waals surface area contributed by atoms with Crippen LogP contribution in [0.2, 0.25) is 0 Å². The molecule has 0 aromatic rings. The summed E-state index contributed by atoms with van der Waals surface area (Å²) in [5, 5.41) is 70.8. The molecule has 0 aliphatic carbocycles. The SMILES string of the molecule is [N-]=[N+]=N[C@H]1[C@@H](O[C@H]2O[C@H](CO)[C@@H](O)[C@H](O)[C@H]2O)O[C@H](CO)[C@@H](O)[C@@H]1O. The Morgan fingerprint density at radius 2 is 1.32 bits per heavy atom. The fourth-order valence-corrected chi connectivity index (χ4v) is 2.67. The number of rotatable bonds is 5. The van der Waals surface area contributed by atoms with Gasteiger partial charge in [-0.05, 0) is 5.53 Å². The Balaban J connectivity index is 2.18. The van der Waals surface area contributed by atoms with E-state index >= 15 is 0 Å². The Morgan fingerprint density at radius 1 is 0.800 bits per heavy atom. The van der Waals surface area contributed by atoms with Gasteiger partial charge in [0.25, 0.3) is 0 Å². The molecule has 0 aromatic heterocycles. The average molecular weight is 367 g/mol. The highest BCUT2D eigenvalue weighted by molar-refractivity contribution is 4.95. The molecule has 0 saturated carbocycles. The number of ether oxygens (including phenoxy) is 3. The molecule has 25 heavy (non-hydrogen) atoms. The molecular weight excluding hydrogens is 346 g/mol. The molecule has 2 saturated heterocycles. The minimum Gasteiger partial charge on any atom is -0.394 e. The van der Waals surface area contributed by atoms with Crippen molar-refractivity contribution in [1.29, 1.82) is 0 Å². The average Bonchev–Trinajstić information content (AvgIpc) is 2.61. The molecule has 0 spiro atoms. The molecule has 10 atom stereocenters. The highest BCUT2D eigenvalue weighted by atomic mass is 16.8. The number of aliphatic hydroxyl groups is 7. The summed E-state index contributed by atoms with van der Waals surface area (Å²) in [6.07, 6.45) is -13.9. The highest BCUT2D eigenvalue weighted by Crippen LogP contribution is 2.29. The van der Waals surface area contributed by atoms with Crippen LogP contribution in [0.25, 0.3) is 10.4 Å². The summed E-state index contributed by atoms with van der Waals surface area (Å²) in [6, 6.07) is -1.45. The van der Waals surface area contributed by atoms with E-state index in [0.29, 0.717) is 0 Å². The van der Waals surface area contributed by atoms with Gasteiger partial charge < -0.3 is 50.0 Å². The Kier molecular flexibility index (Phi) is 6.90. The Bertz CT molecular complexity index is 490. The lowest BCUT2D eigenvalue weighted by Gasteiger charge is -2.44. The summed E-state index contributed by atoms with van der Waals surface area (Å²) in [5.41, 5.74) is 8.60. The second-order valence-electron chi connectivity index (χ2n) is 5.74. The maximum Gasteiger partial charge on any atom is 0.189 e. The van der Waals surface area contributed by atoms with E-state index in [4.69, 9.17) is 24.8 Å². The molecule has 13 nitrogen and oxygen atoms in total. The standard InChI is InChI=1S/C12H21N3O10/c13-15-14-5-8(20)6(18)3(1-16)23-11(5)25-12-10(22)9(21)7(19)4(2-17)24-12/h3-12,16-22H,1-2H2/t3-,4-,5-,6-,7-,8-,9+,10-,11-,12-/m1/s1. The van der Waals surface area contributed by atoms with Crippen LogP contribution in [-0.4, -0.2) is 110 Å². The summed E-state index contributed by atoms with van der Waals surface area (Å²) in [6.45, 7) is -1.37. The van der Waals surface area contributed by atoms with E-state index in [1.165, 1.54) is 0 Å². The zero-order chi connectivity index (χ0) is 18.7. The van der Waals surface area contributed by atoms with Crippen molar-refractivity contribution in [3.8, 4) is 0 Å². The monoisotopic (exact) mass is 367 g/mol. The first-order valence-corrected chi connectivity index (χ1v) is 7.48. The molecule has 2 aliphatic rings. The Hall–Kier alpha value is -1.09. The third kappa shape index (κ3) is 4.02. The quantitative estimate of drug-likeness (QED) is 0.141. The lowest BCUT2D eigenvalue weighted by molar-refractivity contribution is -0.361. The van der Waals surface area contributed by atoms with Gasteiger partial charge in [0.2, 0.25) is 0 Å². The first-order valence-electron chi connectivity index (χ1n) is 7.48. The molecule has 2 heterocycles. The van der Waals surface area contributed by atoms with Crippen molar-refractivity contribution < 1.29 is 50.0 Å². The van der Waals surface area contributed by atoms with Crippen LogP contribution in [0.1, 0.15) is 0 Å². The van der Waals surface area contributed by atoms with Crippen molar-refractivity contribution in [3.05, 3.63) is 10.4 Å². The van der Waals surface area contributed by atoms with E-state index in [0.717, 1.165) is 0 Å². The van der Waals surface area contributed by atoms with Crippen LogP contribution in [-0.2, 0) is 14.2 Å². The molecule has 0 amide bonds. The molecular formula is C12H21N3O10. The molecule has 13 heteroatoms. The highest BCUT2D eigenvalue weighted by Gasteiger charge is 2.49. The molecule has 2 rings (SSSR count). The number of nitrogens with zero attached hydrogens (tertiary/aromatic N) is 3. The van der Waals surface area contributed by atoms with Crippen LogP contribution in [0.5, 0.6) is 0 Å². The van der Waals surface area contributed by atoms with Gasteiger partial charge in [-0.3, -0.25) is 0 Å². The summed E-state index contributed by atoms with van der Waals surface area (Å²) < 4.78 is 15.6. The van der Waals surface area contributed by atoms with Crippen LogP contribution >= 0.6 is 0 Å². The molecule has 2 fully saturated rings. The van der Waals surface area contributed by atoms with Crippen molar-refractivity contribution in [2.45, 2.75) is 61.3 Å². The third-order valence-corrected chi connectivity index (χ3v) is 4.15. The van der Waals surface area contributed by atoms with E-state index in [9.17, 15) is 30.6 Å². The summed E-state index contributed by atoms with van der Waals surface area (Å²) >= 11 is 0. The third-order valence-electron chi connectivity index (χ3n) is 4.15. The number of aliphatic hydroxyl groups excluding tert-OH is 7. The molecule has 2 aliphatic heterocycles. The fourth-order valence-electron chi connectivity index (χ4n) is 2.67. The van der Waals surface area contributed by atoms with Gasteiger partial charge in [-0.15, -0.1) is 0 Å². The van der Waals surface area contributed by atoms with Gasteiger partial charge in [-0.1, -0.05) is 5.11 Å². The minimum atomic E-state index is -1.75. The maximum atomic E-state index is 10.0. The second-order valence-corrected chi connectivity index (χ2v) is 5.74. The molecule has 0 bridgehead atoms. The molecule has 0 aromatic carbocycles. The van der Waals surface area contributed by atoms with E-state index < -0.39 is 74.6 Å². The van der Waals surface area contributed by atoms with Crippen LogP contribution in [0, 0.1) is 0 Å². The minimum absolute atomic E-state index is 0.684. The van der Waals surface area contributed by atoms with Gasteiger partial charge in [-0.2, -0.15) is 0 Å². The lowest BCUT2D eigenvalue weighted by atomic mass is 9.97. The summed E-state index contributed by atoms with van der Waals surface area (Å²) in [4.78, 5) is 2.51. The van der Waals surface area contributed by atoms with Gasteiger partial charge in [0, 0.05) is 4.91 Å². The van der Waals surface area contributed by atoms with Crippen LogP contribution in [0.4, 0.5) is 0 Å². The van der Waals surface area contributed by atoms with Crippen LogP contribution in [0.15, 0.2) is 5.11 Å². The predicted octanol–water partition coefficient (Wildman–Crippen LogP) is -4.08. The maximum absolute atomic E-state index is 10.0. The number of azide groups is 1. The van der Waals surface area contributed by atoms with E-state index in [1.807, 2.05) is 0 Å². The van der Waals surface area contributed by atoms with Crippen LogP contribution < -0.4 is 0 Å². The Labute approximate surface area is 141 Å². The molecule has 7 N–H and O–H groups in total. The largest absolute Gasteiger partial charge is 0.394 e. The lowest BCUT2D eigenvalue weighted by Crippen LogP contribution is -2.63. The van der Waals surface area contributed by atoms with Gasteiger partial charge in [0.05, 0.1) is 19.3 Å². The number of hydrogen-bond acceptors (Lipinski definition) is 11. The van der Waals surface area contributed by atoms with E-state index in [1.54, 1.807) is 0 Å². The normalized spacial score (nSPS) is 48.0. The predicted molar refractivity (Wildman–Crippen MR) is 75.5 cm³/mol. The summed E-state index contributed by atoms with van der Waals surface area (Å²) in [7, 11) is 0. The fraction of sp³-hybridized carbons (Fsp3) is 1.00. The smallest absolute Gasteiger partial charge is 0.189 e. The van der Waals surface area contributed by atoms with Gasteiger partial charge in [-0.25, -0.2) is 0 Å². The topological polar surface area (TPSA) is 218 Å². The van der Waals surface area contributed by atoms with E-state index in [-0.39, 0.29) is 0 Å². The zero-order valence-corrected chi connectivity index (χ0v) is 12.9. The van der Waals surface area contributed by atoms with Gasteiger partial charge >= 0.3 is 0 Å². The van der Waals surface area contributed by atoms with Crippen molar-refractivity contribution in [3.63, 3.8) is 0 Å². The van der Waals surface area contributed by atoms with Crippen molar-refractivity contribution in [1.82, 2.24) is 0 Å². The first kappa shape index (κ1) is 20.2. The number of hydrogen-bond donors (Lipinski definition) is 7. The molecule has 0 unspecified atom stereocenters. The zero-order valence-electron chi connectivity index (χ0n) is 12.9. The second kappa shape index (κ2) is 8.53. The summed E-state index contributed by atoms with van der Waals surface area (Å²) in [5.74, 6) is 0. The van der Waals surface area contributed by atoms with E-state index in [2.05, 4.69) is 10.0 Å².